The van der Waals surface area contributed by atoms with Crippen LogP contribution in [0.4, 0.5) is 5.69 Å². The van der Waals surface area contributed by atoms with Gasteiger partial charge >= 0.3 is 0 Å². The standard InChI is InChI=1S/C34H49N3O6/c1-8-13-23(6)35(20-9-2)32(41)29-34-19-18-33(11-4,43-34)27(28(34)31(40)37(29)24(7)22-38)30(39)36(21-10-3)25-14-16-26(17-15-25)42-12-5/h9-10,14-17,23-24,27-29,38H,2-3,8,11-13,18-22H2,1,4-7H3/t23?,24-,27-,28+,29?,33+,34?/m1/s1. The van der Waals surface area contributed by atoms with Crippen LogP contribution in [0.15, 0.2) is 49.6 Å². The maximum atomic E-state index is 14.7. The number of rotatable bonds is 15. The molecule has 43 heavy (non-hydrogen) atoms. The molecule has 1 aromatic carbocycles. The van der Waals surface area contributed by atoms with E-state index in [9.17, 15) is 19.5 Å². The van der Waals surface area contributed by atoms with Crippen LogP contribution < -0.4 is 9.64 Å². The second-order valence-corrected chi connectivity index (χ2v) is 12.2. The number of aliphatic hydroxyl groups excluding tert-OH is 1. The van der Waals surface area contributed by atoms with Gasteiger partial charge in [0.15, 0.2) is 0 Å². The van der Waals surface area contributed by atoms with Crippen molar-refractivity contribution < 1.29 is 29.0 Å². The van der Waals surface area contributed by atoms with Crippen molar-refractivity contribution in [3.05, 3.63) is 49.6 Å². The summed E-state index contributed by atoms with van der Waals surface area (Å²) in [5.74, 6) is -1.69. The Bertz CT molecular complexity index is 1200. The second kappa shape index (κ2) is 13.2. The summed E-state index contributed by atoms with van der Waals surface area (Å²) in [5.41, 5.74) is -1.38. The number of fused-ring (bicyclic) bond motifs is 1. The third-order valence-electron chi connectivity index (χ3n) is 9.74. The monoisotopic (exact) mass is 595 g/mol. The van der Waals surface area contributed by atoms with Crippen LogP contribution in [0.2, 0.25) is 0 Å². The minimum Gasteiger partial charge on any atom is -0.494 e. The van der Waals surface area contributed by atoms with E-state index in [1.807, 2.05) is 45.0 Å². The lowest BCUT2D eigenvalue weighted by Gasteiger charge is -2.40. The Balaban J connectivity index is 1.81. The molecule has 1 aromatic rings. The highest BCUT2D eigenvalue weighted by Crippen LogP contribution is 2.65. The lowest BCUT2D eigenvalue weighted by Crippen LogP contribution is -2.59. The van der Waals surface area contributed by atoms with Crippen molar-refractivity contribution in [3.63, 3.8) is 0 Å². The predicted molar refractivity (Wildman–Crippen MR) is 167 cm³/mol. The summed E-state index contributed by atoms with van der Waals surface area (Å²) in [6.45, 7) is 18.3. The molecule has 0 aliphatic carbocycles. The Morgan fingerprint density at radius 3 is 2.35 bits per heavy atom. The molecule has 3 saturated heterocycles. The van der Waals surface area contributed by atoms with Crippen LogP contribution >= 0.6 is 0 Å². The minimum absolute atomic E-state index is 0.0776. The second-order valence-electron chi connectivity index (χ2n) is 12.2. The first-order valence-electron chi connectivity index (χ1n) is 15.8. The largest absolute Gasteiger partial charge is 0.494 e. The molecule has 4 rings (SSSR count). The van der Waals surface area contributed by atoms with Crippen LogP contribution in [0.5, 0.6) is 5.75 Å². The van der Waals surface area contributed by atoms with Gasteiger partial charge in [0.05, 0.1) is 36.7 Å². The van der Waals surface area contributed by atoms with Gasteiger partial charge in [-0.3, -0.25) is 14.4 Å². The summed E-state index contributed by atoms with van der Waals surface area (Å²) in [6.07, 6.45) is 6.64. The molecule has 3 aliphatic rings. The van der Waals surface area contributed by atoms with Crippen molar-refractivity contribution in [2.24, 2.45) is 11.8 Å². The SMILES string of the molecule is C=CCN(C(=O)[C@H]1[C@H]2C(=O)N([C@H](C)CO)C(C(=O)N(CC=C)C(C)CCC)C23CC[C@]1(CC)O3)c1ccc(OCC)cc1. The minimum atomic E-state index is -1.17. The number of hydrogen-bond acceptors (Lipinski definition) is 6. The van der Waals surface area contributed by atoms with Crippen molar-refractivity contribution in [1.29, 1.82) is 0 Å². The van der Waals surface area contributed by atoms with E-state index in [2.05, 4.69) is 20.1 Å². The van der Waals surface area contributed by atoms with Crippen molar-refractivity contribution in [2.45, 2.75) is 96.1 Å². The van der Waals surface area contributed by atoms with Crippen LogP contribution in [-0.2, 0) is 19.1 Å². The average molecular weight is 596 g/mol. The number of ether oxygens (including phenoxy) is 2. The highest BCUT2D eigenvalue weighted by Gasteiger charge is 2.79. The Hall–Kier alpha value is -3.17. The first kappa shape index (κ1) is 32.7. The first-order chi connectivity index (χ1) is 20.6. The van der Waals surface area contributed by atoms with Gasteiger partial charge in [0.25, 0.3) is 0 Å². The van der Waals surface area contributed by atoms with Gasteiger partial charge in [-0.05, 0) is 70.7 Å². The van der Waals surface area contributed by atoms with Crippen molar-refractivity contribution in [3.8, 4) is 5.75 Å². The fraction of sp³-hybridized carbons (Fsp3) is 0.618. The number of likely N-dealkylation sites (tertiary alicyclic amines) is 1. The molecule has 3 heterocycles. The van der Waals surface area contributed by atoms with Crippen LogP contribution in [0.1, 0.15) is 66.7 Å². The molecule has 0 aromatic heterocycles. The quantitative estimate of drug-likeness (QED) is 0.303. The number of benzene rings is 1. The summed E-state index contributed by atoms with van der Waals surface area (Å²) < 4.78 is 12.6. The summed E-state index contributed by atoms with van der Waals surface area (Å²) in [4.78, 5) is 48.7. The molecule has 1 spiro atoms. The van der Waals surface area contributed by atoms with Gasteiger partial charge in [-0.2, -0.15) is 0 Å². The van der Waals surface area contributed by atoms with Gasteiger partial charge in [-0.1, -0.05) is 32.4 Å². The maximum Gasteiger partial charge on any atom is 0.248 e. The third-order valence-corrected chi connectivity index (χ3v) is 9.74. The van der Waals surface area contributed by atoms with Gasteiger partial charge in [0.1, 0.15) is 17.4 Å². The van der Waals surface area contributed by atoms with Gasteiger partial charge in [-0.15, -0.1) is 13.2 Å². The first-order valence-corrected chi connectivity index (χ1v) is 15.8. The van der Waals surface area contributed by atoms with Crippen LogP contribution in [0.3, 0.4) is 0 Å². The summed E-state index contributed by atoms with van der Waals surface area (Å²) in [7, 11) is 0. The number of carbonyl (C=O) groups excluding carboxylic acids is 3. The lowest BCUT2D eigenvalue weighted by molar-refractivity contribution is -0.156. The highest BCUT2D eigenvalue weighted by molar-refractivity contribution is 6.03. The van der Waals surface area contributed by atoms with E-state index < -0.39 is 35.1 Å². The molecule has 7 atom stereocenters. The Morgan fingerprint density at radius 2 is 1.79 bits per heavy atom. The van der Waals surface area contributed by atoms with Crippen molar-refractivity contribution in [1.82, 2.24) is 9.80 Å². The van der Waals surface area contributed by atoms with E-state index in [0.717, 1.165) is 12.8 Å². The van der Waals surface area contributed by atoms with Gasteiger partial charge in [-0.25, -0.2) is 0 Å². The summed E-state index contributed by atoms with van der Waals surface area (Å²) >= 11 is 0. The Labute approximate surface area is 256 Å². The fourth-order valence-corrected chi connectivity index (χ4v) is 7.74. The molecule has 3 aliphatic heterocycles. The van der Waals surface area contributed by atoms with E-state index in [1.54, 1.807) is 28.9 Å². The maximum absolute atomic E-state index is 14.7. The zero-order chi connectivity index (χ0) is 31.5. The van der Waals surface area contributed by atoms with E-state index in [0.29, 0.717) is 43.9 Å². The molecule has 9 heteroatoms. The number of carbonyl (C=O) groups is 3. The molecule has 9 nitrogen and oxygen atoms in total. The topological polar surface area (TPSA) is 99.6 Å². The molecule has 3 amide bonds. The number of hydrogen-bond donors (Lipinski definition) is 1. The van der Waals surface area contributed by atoms with E-state index in [1.165, 1.54) is 4.90 Å². The van der Waals surface area contributed by atoms with E-state index >= 15 is 0 Å². The van der Waals surface area contributed by atoms with Gasteiger partial charge in [0, 0.05) is 24.8 Å². The van der Waals surface area contributed by atoms with Crippen LogP contribution in [-0.4, -0.2) is 88.3 Å². The van der Waals surface area contributed by atoms with Crippen molar-refractivity contribution >= 4 is 23.4 Å². The van der Waals surface area contributed by atoms with E-state index in [-0.39, 0.29) is 36.9 Å². The normalized spacial score (nSPS) is 28.7. The lowest BCUT2D eigenvalue weighted by atomic mass is 9.64. The summed E-state index contributed by atoms with van der Waals surface area (Å²) in [5, 5.41) is 10.2. The fourth-order valence-electron chi connectivity index (χ4n) is 7.74. The number of amides is 3. The van der Waals surface area contributed by atoms with Crippen molar-refractivity contribution in [2.75, 3.05) is 31.2 Å². The zero-order valence-corrected chi connectivity index (χ0v) is 26.5. The molecule has 0 radical (unpaired) electrons. The number of anilines is 1. The molecule has 1 N–H and O–H groups in total. The van der Waals surface area contributed by atoms with E-state index in [4.69, 9.17) is 9.47 Å². The molecule has 236 valence electrons. The molecule has 3 unspecified atom stereocenters. The molecule has 2 bridgehead atoms. The zero-order valence-electron chi connectivity index (χ0n) is 26.5. The van der Waals surface area contributed by atoms with Crippen LogP contribution in [0, 0.1) is 11.8 Å². The number of aliphatic hydroxyl groups is 1. The summed E-state index contributed by atoms with van der Waals surface area (Å²) in [6, 6.07) is 5.66. The third kappa shape index (κ3) is 5.39. The molecule has 3 fully saturated rings. The van der Waals surface area contributed by atoms with Crippen LogP contribution in [0.25, 0.3) is 0 Å². The molecular weight excluding hydrogens is 546 g/mol. The smallest absolute Gasteiger partial charge is 0.248 e. The Kier molecular flexibility index (Phi) is 10.1. The Morgan fingerprint density at radius 1 is 1.12 bits per heavy atom. The number of nitrogens with zero attached hydrogens (tertiary/aromatic N) is 3. The molecular formula is C34H49N3O6. The predicted octanol–water partition coefficient (Wildman–Crippen LogP) is 4.34. The highest BCUT2D eigenvalue weighted by atomic mass is 16.5. The van der Waals surface area contributed by atoms with Gasteiger partial charge in [0.2, 0.25) is 17.7 Å². The average Bonchev–Trinajstić information content (AvgIpc) is 3.62. The van der Waals surface area contributed by atoms with Gasteiger partial charge < -0.3 is 29.3 Å². The molecule has 0 saturated carbocycles.